The van der Waals surface area contributed by atoms with Gasteiger partial charge in [0.15, 0.2) is 0 Å². The lowest BCUT2D eigenvalue weighted by Gasteiger charge is -2.20. The number of amides is 2. The summed E-state index contributed by atoms with van der Waals surface area (Å²) >= 11 is 0. The SMILES string of the molecule is C[B]CC(C)PN1C(=O)CC(C(C)C)C1=O. The van der Waals surface area contributed by atoms with Crippen molar-refractivity contribution in [2.24, 2.45) is 11.8 Å². The van der Waals surface area contributed by atoms with Crippen LogP contribution in [0, 0.1) is 11.8 Å². The molecule has 16 heavy (non-hydrogen) atoms. The summed E-state index contributed by atoms with van der Waals surface area (Å²) in [4.78, 5) is 23.7. The Kier molecular flexibility index (Phi) is 4.98. The molecule has 0 N–H and O–H groups in total. The molecular weight excluding hydrogens is 220 g/mol. The molecule has 3 atom stereocenters. The normalized spacial score (nSPS) is 23.8. The number of carbonyl (C=O) groups is 2. The van der Waals surface area contributed by atoms with Crippen LogP contribution >= 0.6 is 8.73 Å². The van der Waals surface area contributed by atoms with Crippen LogP contribution in [0.5, 0.6) is 0 Å². The Morgan fingerprint density at radius 2 is 2.06 bits per heavy atom. The fourth-order valence-electron chi connectivity index (χ4n) is 1.94. The zero-order valence-electron chi connectivity index (χ0n) is 10.5. The quantitative estimate of drug-likeness (QED) is 0.419. The Labute approximate surface area is 100 Å². The third-order valence-electron chi connectivity index (χ3n) is 2.92. The molecule has 3 unspecified atom stereocenters. The zero-order chi connectivity index (χ0) is 12.3. The molecule has 89 valence electrons. The van der Waals surface area contributed by atoms with E-state index in [9.17, 15) is 9.59 Å². The Morgan fingerprint density at radius 1 is 1.44 bits per heavy atom. The Bertz CT molecular complexity index is 283. The van der Waals surface area contributed by atoms with Crippen molar-refractivity contribution in [3.8, 4) is 0 Å². The maximum atomic E-state index is 12.0. The molecule has 1 aliphatic rings. The lowest BCUT2D eigenvalue weighted by Crippen LogP contribution is -2.26. The molecule has 1 heterocycles. The van der Waals surface area contributed by atoms with Gasteiger partial charge in [0.25, 0.3) is 0 Å². The first kappa shape index (κ1) is 13.7. The Hall–Kier alpha value is -0.365. The Balaban J connectivity index is 2.61. The summed E-state index contributed by atoms with van der Waals surface area (Å²) in [5.74, 6) is 0.239. The molecule has 5 heteroatoms. The van der Waals surface area contributed by atoms with Gasteiger partial charge in [-0.15, -0.1) is 0 Å². The molecular formula is C11H20BNO2P. The van der Waals surface area contributed by atoms with E-state index in [2.05, 4.69) is 14.2 Å². The van der Waals surface area contributed by atoms with E-state index in [1.165, 1.54) is 4.67 Å². The average Bonchev–Trinajstić information content (AvgIpc) is 2.46. The Morgan fingerprint density at radius 3 is 2.50 bits per heavy atom. The maximum absolute atomic E-state index is 12.0. The largest absolute Gasteiger partial charge is 0.274 e. The standard InChI is InChI=1S/C11H20BNO2P/c1-7(2)9-5-10(14)13(11(9)15)16-8(3)6-12-4/h7-9,16H,5-6H2,1-4H3. The fourth-order valence-corrected chi connectivity index (χ4v) is 3.25. The summed E-state index contributed by atoms with van der Waals surface area (Å²) in [7, 11) is 2.39. The van der Waals surface area contributed by atoms with Crippen LogP contribution in [0.25, 0.3) is 0 Å². The lowest BCUT2D eigenvalue weighted by molar-refractivity contribution is -0.133. The highest BCUT2D eigenvalue weighted by Crippen LogP contribution is 2.37. The second-order valence-electron chi connectivity index (χ2n) is 4.80. The third-order valence-corrected chi connectivity index (χ3v) is 4.33. The third kappa shape index (κ3) is 3.07. The topological polar surface area (TPSA) is 37.4 Å². The summed E-state index contributed by atoms with van der Waals surface area (Å²) in [6, 6.07) is 0. The minimum absolute atomic E-state index is 0.0185. The summed E-state index contributed by atoms with van der Waals surface area (Å²) in [6.07, 6.45) is 1.37. The van der Waals surface area contributed by atoms with E-state index >= 15 is 0 Å². The average molecular weight is 240 g/mol. The van der Waals surface area contributed by atoms with Crippen LogP contribution in [-0.2, 0) is 9.59 Å². The molecule has 1 radical (unpaired) electrons. The van der Waals surface area contributed by atoms with Gasteiger partial charge in [-0.05, 0) is 20.3 Å². The minimum Gasteiger partial charge on any atom is -0.274 e. The van der Waals surface area contributed by atoms with Crippen molar-refractivity contribution in [2.45, 2.75) is 46.0 Å². The summed E-state index contributed by atoms with van der Waals surface area (Å²) < 4.78 is 1.48. The van der Waals surface area contributed by atoms with Gasteiger partial charge in [-0.25, -0.2) is 0 Å². The number of carbonyl (C=O) groups excluding carboxylic acids is 2. The van der Waals surface area contributed by atoms with Gasteiger partial charge in [0.2, 0.25) is 11.8 Å². The molecule has 0 aromatic rings. The first-order valence-corrected chi connectivity index (χ1v) is 6.90. The van der Waals surface area contributed by atoms with Gasteiger partial charge in [-0.3, -0.25) is 14.3 Å². The van der Waals surface area contributed by atoms with Crippen molar-refractivity contribution in [2.75, 3.05) is 0 Å². The highest BCUT2D eigenvalue weighted by atomic mass is 31.1. The van der Waals surface area contributed by atoms with E-state index in [1.807, 2.05) is 20.7 Å². The first-order chi connectivity index (χ1) is 7.47. The van der Waals surface area contributed by atoms with Crippen molar-refractivity contribution >= 4 is 27.8 Å². The van der Waals surface area contributed by atoms with E-state index in [1.54, 1.807) is 0 Å². The molecule has 1 fully saturated rings. The van der Waals surface area contributed by atoms with Gasteiger partial charge in [0.1, 0.15) is 7.28 Å². The summed E-state index contributed by atoms with van der Waals surface area (Å²) in [5.41, 5.74) is 0.392. The van der Waals surface area contributed by atoms with Gasteiger partial charge >= 0.3 is 0 Å². The van der Waals surface area contributed by atoms with Crippen LogP contribution < -0.4 is 0 Å². The van der Waals surface area contributed by atoms with Crippen molar-refractivity contribution in [3.63, 3.8) is 0 Å². The van der Waals surface area contributed by atoms with Crippen LogP contribution in [-0.4, -0.2) is 29.4 Å². The highest BCUT2D eigenvalue weighted by molar-refractivity contribution is 7.38. The highest BCUT2D eigenvalue weighted by Gasteiger charge is 2.40. The van der Waals surface area contributed by atoms with Crippen molar-refractivity contribution in [1.82, 2.24) is 4.67 Å². The molecule has 3 nitrogen and oxygen atoms in total. The summed E-state index contributed by atoms with van der Waals surface area (Å²) in [5, 5.41) is 0. The number of hydrogen-bond acceptors (Lipinski definition) is 2. The van der Waals surface area contributed by atoms with Gasteiger partial charge < -0.3 is 0 Å². The smallest absolute Gasteiger partial charge is 0.236 e. The molecule has 1 aliphatic heterocycles. The monoisotopic (exact) mass is 240 g/mol. The van der Waals surface area contributed by atoms with Gasteiger partial charge in [-0.1, -0.05) is 33.9 Å². The lowest BCUT2D eigenvalue weighted by atomic mass is 9.77. The van der Waals surface area contributed by atoms with Gasteiger partial charge in [-0.2, -0.15) is 0 Å². The molecule has 0 saturated carbocycles. The number of nitrogens with zero attached hydrogens (tertiary/aromatic N) is 1. The molecule has 1 rings (SSSR count). The summed E-state index contributed by atoms with van der Waals surface area (Å²) in [6.45, 7) is 8.10. The van der Waals surface area contributed by atoms with Crippen LogP contribution in [0.15, 0.2) is 0 Å². The minimum atomic E-state index is -0.0854. The molecule has 2 amide bonds. The number of imide groups is 1. The zero-order valence-corrected chi connectivity index (χ0v) is 11.5. The van der Waals surface area contributed by atoms with E-state index in [0.717, 1.165) is 6.32 Å². The van der Waals surface area contributed by atoms with E-state index < -0.39 is 0 Å². The van der Waals surface area contributed by atoms with Crippen molar-refractivity contribution in [3.05, 3.63) is 0 Å². The molecule has 0 spiro atoms. The molecule has 0 aromatic heterocycles. The van der Waals surface area contributed by atoms with Gasteiger partial charge in [0, 0.05) is 12.3 Å². The molecule has 0 aromatic carbocycles. The maximum Gasteiger partial charge on any atom is 0.236 e. The first-order valence-electron chi connectivity index (χ1n) is 5.88. The van der Waals surface area contributed by atoms with E-state index in [4.69, 9.17) is 0 Å². The molecule has 1 saturated heterocycles. The fraction of sp³-hybridized carbons (Fsp3) is 0.818. The second-order valence-corrected chi connectivity index (χ2v) is 6.49. The molecule has 0 bridgehead atoms. The van der Waals surface area contributed by atoms with Crippen LogP contribution in [0.3, 0.4) is 0 Å². The number of rotatable bonds is 5. The van der Waals surface area contributed by atoms with Crippen molar-refractivity contribution in [1.29, 1.82) is 0 Å². The van der Waals surface area contributed by atoms with E-state index in [-0.39, 0.29) is 23.7 Å². The predicted octanol–water partition coefficient (Wildman–Crippen LogP) is 2.17. The predicted molar refractivity (Wildman–Crippen MR) is 69.0 cm³/mol. The van der Waals surface area contributed by atoms with E-state index in [0.29, 0.717) is 20.8 Å². The molecule has 0 aliphatic carbocycles. The van der Waals surface area contributed by atoms with Crippen LogP contribution in [0.1, 0.15) is 27.2 Å². The van der Waals surface area contributed by atoms with Crippen LogP contribution in [0.2, 0.25) is 13.1 Å². The number of hydrogen-bond donors (Lipinski definition) is 0. The second kappa shape index (κ2) is 5.81. The van der Waals surface area contributed by atoms with Crippen LogP contribution in [0.4, 0.5) is 0 Å². The van der Waals surface area contributed by atoms with Crippen molar-refractivity contribution < 1.29 is 9.59 Å². The van der Waals surface area contributed by atoms with Gasteiger partial charge in [0.05, 0.1) is 0 Å².